The van der Waals surface area contributed by atoms with E-state index in [0.29, 0.717) is 12.8 Å². The molecule has 0 aliphatic carbocycles. The first-order valence-corrected chi connectivity index (χ1v) is 7.01. The van der Waals surface area contributed by atoms with E-state index in [2.05, 4.69) is 0 Å². The molecule has 0 amide bonds. The summed E-state index contributed by atoms with van der Waals surface area (Å²) < 4.78 is 22.5. The quantitative estimate of drug-likeness (QED) is 0.437. The number of nitrogens with zero attached hydrogens (tertiary/aromatic N) is 1. The van der Waals surface area contributed by atoms with E-state index in [1.807, 2.05) is 0 Å². The van der Waals surface area contributed by atoms with Gasteiger partial charge >= 0.3 is 7.60 Å². The molecule has 6 nitrogen and oxygen atoms in total. The zero-order valence-corrected chi connectivity index (χ0v) is 10.9. The van der Waals surface area contributed by atoms with E-state index in [-0.39, 0.29) is 32.7 Å². The van der Waals surface area contributed by atoms with E-state index in [1.165, 1.54) is 0 Å². The Hall–Kier alpha value is 0.0300. The normalized spacial score (nSPS) is 12.3. The van der Waals surface area contributed by atoms with E-state index in [4.69, 9.17) is 19.3 Å². The molecule has 0 heterocycles. The van der Waals surface area contributed by atoms with Crippen molar-refractivity contribution in [2.45, 2.75) is 12.8 Å². The van der Waals surface area contributed by atoms with Gasteiger partial charge in [0.05, 0.1) is 13.2 Å². The number of aliphatic hydroxyl groups is 2. The Morgan fingerprint density at radius 3 is 1.81 bits per heavy atom. The molecule has 0 spiro atoms. The lowest BCUT2D eigenvalue weighted by atomic mass is 10.5. The predicted molar refractivity (Wildman–Crippen MR) is 61.5 cm³/mol. The van der Waals surface area contributed by atoms with Crippen LogP contribution in [0.4, 0.5) is 0 Å². The molecular formula is C9H22NO5P. The van der Waals surface area contributed by atoms with Gasteiger partial charge in [0.25, 0.3) is 0 Å². The van der Waals surface area contributed by atoms with Gasteiger partial charge in [0, 0.05) is 13.2 Å². The van der Waals surface area contributed by atoms with Crippen LogP contribution in [-0.4, -0.2) is 61.9 Å². The number of rotatable bonds is 10. The van der Waals surface area contributed by atoms with Gasteiger partial charge < -0.3 is 19.3 Å². The molecule has 7 heteroatoms. The monoisotopic (exact) mass is 255 g/mol. The highest BCUT2D eigenvalue weighted by atomic mass is 31.2. The summed E-state index contributed by atoms with van der Waals surface area (Å²) in [5, 5.41) is 17.2. The van der Waals surface area contributed by atoms with Crippen molar-refractivity contribution in [1.29, 1.82) is 0 Å². The topological polar surface area (TPSA) is 79.2 Å². The lowest BCUT2D eigenvalue weighted by Crippen LogP contribution is -2.17. The average molecular weight is 255 g/mol. The summed E-state index contributed by atoms with van der Waals surface area (Å²) in [7, 11) is 0.419. The van der Waals surface area contributed by atoms with Gasteiger partial charge in [-0.25, -0.2) is 0 Å². The Bertz CT molecular complexity index is 198. The molecule has 0 fully saturated rings. The van der Waals surface area contributed by atoms with E-state index in [0.717, 1.165) is 0 Å². The molecule has 98 valence electrons. The Kier molecular flexibility index (Phi) is 9.12. The van der Waals surface area contributed by atoms with Gasteiger partial charge in [-0.15, -0.1) is 0 Å². The Morgan fingerprint density at radius 2 is 1.50 bits per heavy atom. The molecule has 0 rings (SSSR count). The highest BCUT2D eigenvalue weighted by molar-refractivity contribution is 7.53. The second-order valence-electron chi connectivity index (χ2n) is 3.65. The standard InChI is InChI=1S/C9H22NO5P/c1-10(2)9-16(13,14-7-3-5-11)15-8-4-6-12/h11-12H,3-9H2,1-2H3. The fourth-order valence-corrected chi connectivity index (χ4v) is 2.75. The largest absolute Gasteiger partial charge is 0.396 e. The van der Waals surface area contributed by atoms with Gasteiger partial charge in [0.1, 0.15) is 6.29 Å². The van der Waals surface area contributed by atoms with Gasteiger partial charge in [0.15, 0.2) is 0 Å². The first-order chi connectivity index (χ1) is 7.54. The molecule has 0 aliphatic heterocycles. The van der Waals surface area contributed by atoms with Crippen molar-refractivity contribution in [1.82, 2.24) is 4.90 Å². The molecule has 0 aromatic heterocycles. The third-order valence-electron chi connectivity index (χ3n) is 1.64. The van der Waals surface area contributed by atoms with E-state index in [9.17, 15) is 4.57 Å². The van der Waals surface area contributed by atoms with Gasteiger partial charge in [-0.3, -0.25) is 9.46 Å². The van der Waals surface area contributed by atoms with Crippen LogP contribution in [0.3, 0.4) is 0 Å². The highest BCUT2D eigenvalue weighted by Gasteiger charge is 2.25. The van der Waals surface area contributed by atoms with Crippen LogP contribution in [0.25, 0.3) is 0 Å². The third kappa shape index (κ3) is 8.21. The van der Waals surface area contributed by atoms with Crippen molar-refractivity contribution in [3.63, 3.8) is 0 Å². The molecule has 0 saturated carbocycles. The lowest BCUT2D eigenvalue weighted by molar-refractivity contribution is 0.165. The van der Waals surface area contributed by atoms with Crippen molar-refractivity contribution in [3.05, 3.63) is 0 Å². The van der Waals surface area contributed by atoms with Crippen molar-refractivity contribution < 1.29 is 23.8 Å². The second kappa shape index (κ2) is 9.10. The summed E-state index contributed by atoms with van der Waals surface area (Å²) in [5.41, 5.74) is 0. The molecule has 0 bridgehead atoms. The molecule has 0 saturated heterocycles. The van der Waals surface area contributed by atoms with Crippen LogP contribution in [0, 0.1) is 0 Å². The van der Waals surface area contributed by atoms with E-state index < -0.39 is 7.60 Å². The molecular weight excluding hydrogens is 233 g/mol. The zero-order valence-electron chi connectivity index (χ0n) is 9.96. The fourth-order valence-electron chi connectivity index (χ4n) is 1.00. The second-order valence-corrected chi connectivity index (χ2v) is 5.67. The van der Waals surface area contributed by atoms with Crippen LogP contribution >= 0.6 is 7.60 Å². The molecule has 16 heavy (non-hydrogen) atoms. The predicted octanol–water partition coefficient (Wildman–Crippen LogP) is 0.497. The Morgan fingerprint density at radius 1 is 1.06 bits per heavy atom. The Balaban J connectivity index is 4.08. The Labute approximate surface area is 96.7 Å². The maximum Gasteiger partial charge on any atom is 0.344 e. The summed E-state index contributed by atoms with van der Waals surface area (Å²) in [6, 6.07) is 0. The smallest absolute Gasteiger partial charge is 0.344 e. The fraction of sp³-hybridized carbons (Fsp3) is 1.00. The van der Waals surface area contributed by atoms with E-state index >= 15 is 0 Å². The molecule has 0 aromatic rings. The van der Waals surface area contributed by atoms with Gasteiger partial charge in [0.2, 0.25) is 0 Å². The highest BCUT2D eigenvalue weighted by Crippen LogP contribution is 2.48. The number of hydrogen-bond donors (Lipinski definition) is 2. The summed E-state index contributed by atoms with van der Waals surface area (Å²) in [6.07, 6.45) is 1.06. The van der Waals surface area contributed by atoms with Gasteiger partial charge in [-0.1, -0.05) is 0 Å². The summed E-state index contributed by atoms with van der Waals surface area (Å²) in [6.45, 7) is 0.415. The van der Waals surface area contributed by atoms with Gasteiger partial charge in [-0.2, -0.15) is 0 Å². The maximum atomic E-state index is 12.1. The van der Waals surface area contributed by atoms with Crippen molar-refractivity contribution in [2.24, 2.45) is 0 Å². The molecule has 2 N–H and O–H groups in total. The van der Waals surface area contributed by atoms with Gasteiger partial charge in [-0.05, 0) is 26.9 Å². The van der Waals surface area contributed by atoms with Crippen molar-refractivity contribution in [3.8, 4) is 0 Å². The van der Waals surface area contributed by atoms with Crippen LogP contribution in [0.2, 0.25) is 0 Å². The van der Waals surface area contributed by atoms with Crippen molar-refractivity contribution >= 4 is 7.60 Å². The van der Waals surface area contributed by atoms with Crippen LogP contribution in [0.5, 0.6) is 0 Å². The third-order valence-corrected chi connectivity index (χ3v) is 3.70. The molecule has 0 unspecified atom stereocenters. The first kappa shape index (κ1) is 16.0. The van der Waals surface area contributed by atoms with Crippen LogP contribution in [0.1, 0.15) is 12.8 Å². The summed E-state index contributed by atoms with van der Waals surface area (Å²) >= 11 is 0. The SMILES string of the molecule is CN(C)CP(=O)(OCCCO)OCCCO. The molecule has 0 atom stereocenters. The van der Waals surface area contributed by atoms with Crippen LogP contribution in [0.15, 0.2) is 0 Å². The van der Waals surface area contributed by atoms with Crippen molar-refractivity contribution in [2.75, 3.05) is 46.8 Å². The molecule has 0 radical (unpaired) electrons. The van der Waals surface area contributed by atoms with Crippen LogP contribution in [-0.2, 0) is 13.6 Å². The maximum absolute atomic E-state index is 12.1. The average Bonchev–Trinajstić information content (AvgIpc) is 2.17. The van der Waals surface area contributed by atoms with Crippen LogP contribution < -0.4 is 0 Å². The number of hydrogen-bond acceptors (Lipinski definition) is 6. The lowest BCUT2D eigenvalue weighted by Gasteiger charge is -2.21. The molecule has 0 aromatic carbocycles. The first-order valence-electron chi connectivity index (χ1n) is 5.28. The van der Waals surface area contributed by atoms with E-state index in [1.54, 1.807) is 19.0 Å². The number of aliphatic hydroxyl groups excluding tert-OH is 2. The summed E-state index contributed by atoms with van der Waals surface area (Å²) in [4.78, 5) is 1.72. The minimum Gasteiger partial charge on any atom is -0.396 e. The minimum atomic E-state index is -3.13. The molecule has 0 aliphatic rings. The summed E-state index contributed by atoms with van der Waals surface area (Å²) in [5.74, 6) is 0. The minimum absolute atomic E-state index is 0.00138. The zero-order chi connectivity index (χ0) is 12.4.